The maximum absolute atomic E-state index is 4.54. The van der Waals surface area contributed by atoms with Gasteiger partial charge in [0.15, 0.2) is 0 Å². The van der Waals surface area contributed by atoms with Gasteiger partial charge in [0.25, 0.3) is 0 Å². The molecule has 1 aromatic heterocycles. The van der Waals surface area contributed by atoms with Gasteiger partial charge in [-0.2, -0.15) is 0 Å². The zero-order valence-corrected chi connectivity index (χ0v) is 13.6. The summed E-state index contributed by atoms with van der Waals surface area (Å²) in [6, 6.07) is 10.6. The van der Waals surface area contributed by atoms with Crippen LogP contribution < -0.4 is 5.32 Å². The molecule has 98 valence electrons. The molecule has 3 rings (SSSR count). The Labute approximate surface area is 129 Å². The Morgan fingerprint density at radius 2 is 1.78 bits per heavy atom. The van der Waals surface area contributed by atoms with E-state index in [-0.39, 0.29) is 34.0 Å². The standard InChI is InChI=1S/C14H16N2.2BrH/c1-2-4-14-12(3-1)9-13(10-16-14)11-5-7-15-8-6-11;;/h1-4,9-11,15H,5-8H2;2*1H. The maximum atomic E-state index is 4.54. The number of fused-ring (bicyclic) bond motifs is 1. The lowest BCUT2D eigenvalue weighted by Crippen LogP contribution is -2.26. The molecule has 2 heterocycles. The van der Waals surface area contributed by atoms with Crippen molar-refractivity contribution in [3.8, 4) is 0 Å². The highest BCUT2D eigenvalue weighted by Crippen LogP contribution is 2.26. The molecular formula is C14H18Br2N2. The number of hydrogen-bond donors (Lipinski definition) is 1. The fraction of sp³-hybridized carbons (Fsp3) is 0.357. The molecule has 0 amide bonds. The van der Waals surface area contributed by atoms with Crippen LogP contribution >= 0.6 is 34.0 Å². The van der Waals surface area contributed by atoms with Crippen molar-refractivity contribution in [1.82, 2.24) is 10.3 Å². The van der Waals surface area contributed by atoms with E-state index in [1.807, 2.05) is 6.07 Å². The molecule has 0 unspecified atom stereocenters. The molecule has 2 aromatic rings. The molecule has 4 heteroatoms. The number of halogens is 2. The summed E-state index contributed by atoms with van der Waals surface area (Å²) in [5.41, 5.74) is 2.50. The summed E-state index contributed by atoms with van der Waals surface area (Å²) >= 11 is 0. The normalized spacial score (nSPS) is 15.8. The third-order valence-corrected chi connectivity index (χ3v) is 3.42. The summed E-state index contributed by atoms with van der Waals surface area (Å²) < 4.78 is 0. The number of para-hydroxylation sites is 1. The second-order valence-electron chi connectivity index (χ2n) is 4.49. The number of piperidine rings is 1. The molecule has 1 N–H and O–H groups in total. The van der Waals surface area contributed by atoms with Gasteiger partial charge in [0.1, 0.15) is 0 Å². The quantitative estimate of drug-likeness (QED) is 0.820. The summed E-state index contributed by atoms with van der Waals surface area (Å²) in [4.78, 5) is 4.54. The molecule has 0 bridgehead atoms. The second kappa shape index (κ2) is 7.22. The largest absolute Gasteiger partial charge is 0.317 e. The number of nitrogens with zero attached hydrogens (tertiary/aromatic N) is 1. The topological polar surface area (TPSA) is 24.9 Å². The Hall–Kier alpha value is -0.450. The van der Waals surface area contributed by atoms with Crippen LogP contribution in [0.5, 0.6) is 0 Å². The van der Waals surface area contributed by atoms with Gasteiger partial charge in [-0.05, 0) is 49.5 Å². The summed E-state index contributed by atoms with van der Waals surface area (Å²) in [7, 11) is 0. The summed E-state index contributed by atoms with van der Waals surface area (Å²) in [5, 5.41) is 4.66. The van der Waals surface area contributed by atoms with Crippen molar-refractivity contribution < 1.29 is 0 Å². The summed E-state index contributed by atoms with van der Waals surface area (Å²) in [6.07, 6.45) is 4.53. The first-order valence-corrected chi connectivity index (χ1v) is 5.99. The molecule has 1 saturated heterocycles. The highest BCUT2D eigenvalue weighted by molar-refractivity contribution is 8.93. The van der Waals surface area contributed by atoms with Crippen LogP contribution in [0.4, 0.5) is 0 Å². The van der Waals surface area contributed by atoms with Crippen molar-refractivity contribution >= 4 is 44.9 Å². The van der Waals surface area contributed by atoms with Crippen LogP contribution in [0, 0.1) is 0 Å². The minimum atomic E-state index is 0. The highest BCUT2D eigenvalue weighted by Gasteiger charge is 2.15. The minimum absolute atomic E-state index is 0. The van der Waals surface area contributed by atoms with Crippen molar-refractivity contribution in [2.24, 2.45) is 0 Å². The van der Waals surface area contributed by atoms with Crippen LogP contribution in [0.1, 0.15) is 24.3 Å². The predicted octanol–water partition coefficient (Wildman–Crippen LogP) is 3.86. The smallest absolute Gasteiger partial charge is 0.0702 e. The second-order valence-corrected chi connectivity index (χ2v) is 4.49. The summed E-state index contributed by atoms with van der Waals surface area (Å²) in [6.45, 7) is 2.27. The fourth-order valence-electron chi connectivity index (χ4n) is 2.47. The van der Waals surface area contributed by atoms with Gasteiger partial charge in [-0.1, -0.05) is 18.2 Å². The number of hydrogen-bond acceptors (Lipinski definition) is 2. The van der Waals surface area contributed by atoms with E-state index in [9.17, 15) is 0 Å². The first kappa shape index (κ1) is 15.6. The third kappa shape index (κ3) is 3.31. The van der Waals surface area contributed by atoms with E-state index in [0.717, 1.165) is 18.6 Å². The number of pyridine rings is 1. The molecule has 0 aliphatic carbocycles. The Morgan fingerprint density at radius 3 is 2.56 bits per heavy atom. The Morgan fingerprint density at radius 1 is 1.06 bits per heavy atom. The van der Waals surface area contributed by atoms with E-state index >= 15 is 0 Å². The molecule has 1 aliphatic rings. The van der Waals surface area contributed by atoms with E-state index in [2.05, 4.69) is 40.8 Å². The van der Waals surface area contributed by atoms with Gasteiger partial charge in [-0.3, -0.25) is 4.98 Å². The average Bonchev–Trinajstić information content (AvgIpc) is 2.39. The number of aromatic nitrogens is 1. The first-order chi connectivity index (χ1) is 7.93. The first-order valence-electron chi connectivity index (χ1n) is 5.99. The molecular weight excluding hydrogens is 356 g/mol. The van der Waals surface area contributed by atoms with Gasteiger partial charge < -0.3 is 5.32 Å². The highest BCUT2D eigenvalue weighted by atomic mass is 79.9. The molecule has 0 saturated carbocycles. The molecule has 2 nitrogen and oxygen atoms in total. The van der Waals surface area contributed by atoms with Gasteiger partial charge >= 0.3 is 0 Å². The van der Waals surface area contributed by atoms with Crippen LogP contribution in [0.15, 0.2) is 36.5 Å². The maximum Gasteiger partial charge on any atom is 0.0702 e. The lowest BCUT2D eigenvalue weighted by Gasteiger charge is -2.22. The molecule has 1 aromatic carbocycles. The van der Waals surface area contributed by atoms with Crippen LogP contribution in [0.2, 0.25) is 0 Å². The average molecular weight is 374 g/mol. The van der Waals surface area contributed by atoms with Crippen molar-refractivity contribution in [1.29, 1.82) is 0 Å². The van der Waals surface area contributed by atoms with Crippen molar-refractivity contribution in [2.45, 2.75) is 18.8 Å². The van der Waals surface area contributed by atoms with E-state index in [0.29, 0.717) is 5.92 Å². The lowest BCUT2D eigenvalue weighted by atomic mass is 9.91. The Balaban J connectivity index is 0.000000810. The minimum Gasteiger partial charge on any atom is -0.317 e. The third-order valence-electron chi connectivity index (χ3n) is 3.42. The molecule has 1 fully saturated rings. The van der Waals surface area contributed by atoms with E-state index in [1.54, 1.807) is 0 Å². The van der Waals surface area contributed by atoms with Crippen LogP contribution in [0.3, 0.4) is 0 Å². The zero-order valence-electron chi connectivity index (χ0n) is 10.1. The molecule has 0 radical (unpaired) electrons. The molecule has 0 atom stereocenters. The molecule has 0 spiro atoms. The van der Waals surface area contributed by atoms with Gasteiger partial charge in [-0.25, -0.2) is 0 Å². The Kier molecular flexibility index (Phi) is 6.26. The monoisotopic (exact) mass is 372 g/mol. The van der Waals surface area contributed by atoms with E-state index in [1.165, 1.54) is 23.8 Å². The molecule has 1 aliphatic heterocycles. The van der Waals surface area contributed by atoms with Gasteiger partial charge in [0.05, 0.1) is 5.52 Å². The van der Waals surface area contributed by atoms with Gasteiger partial charge in [0.2, 0.25) is 0 Å². The number of nitrogens with one attached hydrogen (secondary N) is 1. The number of rotatable bonds is 1. The lowest BCUT2D eigenvalue weighted by molar-refractivity contribution is 0.460. The number of benzene rings is 1. The SMILES string of the molecule is Br.Br.c1ccc2ncc(C3CCNCC3)cc2c1. The predicted molar refractivity (Wildman–Crippen MR) is 87.2 cm³/mol. The summed E-state index contributed by atoms with van der Waals surface area (Å²) in [5.74, 6) is 0.693. The zero-order chi connectivity index (χ0) is 10.8. The van der Waals surface area contributed by atoms with Crippen molar-refractivity contribution in [2.75, 3.05) is 13.1 Å². The van der Waals surface area contributed by atoms with E-state index in [4.69, 9.17) is 0 Å². The van der Waals surface area contributed by atoms with Gasteiger partial charge in [-0.15, -0.1) is 34.0 Å². The van der Waals surface area contributed by atoms with Crippen LogP contribution in [-0.2, 0) is 0 Å². The van der Waals surface area contributed by atoms with Crippen LogP contribution in [0.25, 0.3) is 10.9 Å². The Bertz CT molecular complexity index is 496. The van der Waals surface area contributed by atoms with Crippen LogP contribution in [-0.4, -0.2) is 18.1 Å². The molecule has 18 heavy (non-hydrogen) atoms. The van der Waals surface area contributed by atoms with E-state index < -0.39 is 0 Å². The van der Waals surface area contributed by atoms with Crippen molar-refractivity contribution in [3.63, 3.8) is 0 Å². The fourth-order valence-corrected chi connectivity index (χ4v) is 2.47. The van der Waals surface area contributed by atoms with Crippen molar-refractivity contribution in [3.05, 3.63) is 42.1 Å². The van der Waals surface area contributed by atoms with Gasteiger partial charge in [0, 0.05) is 11.6 Å².